The SMILES string of the molecule is Cc1nc(Cl)cc(NC2CCN(Cc3ccc(F)cc3)C2=O)n1. The highest BCUT2D eigenvalue weighted by Crippen LogP contribution is 2.20. The molecule has 1 N–H and O–H groups in total. The van der Waals surface area contributed by atoms with Crippen molar-refractivity contribution in [3.05, 3.63) is 52.7 Å². The first-order valence-corrected chi connectivity index (χ1v) is 7.70. The molecule has 1 amide bonds. The van der Waals surface area contributed by atoms with Gasteiger partial charge in [-0.1, -0.05) is 23.7 Å². The van der Waals surface area contributed by atoms with Crippen LogP contribution in [0.1, 0.15) is 17.8 Å². The number of hydrogen-bond acceptors (Lipinski definition) is 4. The monoisotopic (exact) mass is 334 g/mol. The van der Waals surface area contributed by atoms with Crippen molar-refractivity contribution >= 4 is 23.3 Å². The van der Waals surface area contributed by atoms with E-state index in [9.17, 15) is 9.18 Å². The third-order valence-corrected chi connectivity index (χ3v) is 3.91. The van der Waals surface area contributed by atoms with Crippen LogP contribution >= 0.6 is 11.6 Å². The molecule has 1 aliphatic heterocycles. The number of anilines is 1. The molecule has 1 unspecified atom stereocenters. The molecule has 1 fully saturated rings. The Morgan fingerprint density at radius 3 is 2.78 bits per heavy atom. The van der Waals surface area contributed by atoms with E-state index in [0.717, 1.165) is 5.56 Å². The molecule has 1 atom stereocenters. The van der Waals surface area contributed by atoms with Crippen LogP contribution in [-0.4, -0.2) is 33.4 Å². The Bertz CT molecular complexity index is 702. The Labute approximate surface area is 138 Å². The normalized spacial score (nSPS) is 17.6. The second-order valence-corrected chi connectivity index (χ2v) is 5.88. The van der Waals surface area contributed by atoms with Crippen molar-refractivity contribution in [3.63, 3.8) is 0 Å². The van der Waals surface area contributed by atoms with E-state index in [0.29, 0.717) is 36.3 Å². The topological polar surface area (TPSA) is 58.1 Å². The average molecular weight is 335 g/mol. The van der Waals surface area contributed by atoms with Gasteiger partial charge in [-0.2, -0.15) is 0 Å². The van der Waals surface area contributed by atoms with Crippen LogP contribution in [0.2, 0.25) is 5.15 Å². The van der Waals surface area contributed by atoms with Gasteiger partial charge in [-0.25, -0.2) is 14.4 Å². The zero-order valence-corrected chi connectivity index (χ0v) is 13.3. The third kappa shape index (κ3) is 3.76. The maximum atomic E-state index is 12.9. The van der Waals surface area contributed by atoms with E-state index >= 15 is 0 Å². The van der Waals surface area contributed by atoms with Gasteiger partial charge >= 0.3 is 0 Å². The predicted molar refractivity (Wildman–Crippen MR) is 85.6 cm³/mol. The van der Waals surface area contributed by atoms with Crippen molar-refractivity contribution < 1.29 is 9.18 Å². The van der Waals surface area contributed by atoms with Gasteiger partial charge in [0.15, 0.2) is 0 Å². The molecule has 0 spiro atoms. The van der Waals surface area contributed by atoms with Crippen LogP contribution in [0.4, 0.5) is 10.2 Å². The number of aryl methyl sites for hydroxylation is 1. The molecule has 2 aromatic rings. The number of nitrogens with one attached hydrogen (secondary N) is 1. The molecule has 1 aromatic carbocycles. The molecular weight excluding hydrogens is 319 g/mol. The van der Waals surface area contributed by atoms with Crippen molar-refractivity contribution in [2.75, 3.05) is 11.9 Å². The van der Waals surface area contributed by atoms with Crippen molar-refractivity contribution in [2.24, 2.45) is 0 Å². The molecule has 7 heteroatoms. The number of likely N-dealkylation sites (tertiary alicyclic amines) is 1. The summed E-state index contributed by atoms with van der Waals surface area (Å²) in [5.41, 5.74) is 0.904. The summed E-state index contributed by atoms with van der Waals surface area (Å²) in [4.78, 5) is 22.4. The molecule has 0 radical (unpaired) electrons. The highest BCUT2D eigenvalue weighted by molar-refractivity contribution is 6.29. The van der Waals surface area contributed by atoms with Crippen molar-refractivity contribution in [3.8, 4) is 0 Å². The lowest BCUT2D eigenvalue weighted by Gasteiger charge is -2.17. The van der Waals surface area contributed by atoms with Gasteiger partial charge in [-0.05, 0) is 31.0 Å². The average Bonchev–Trinajstić information content (AvgIpc) is 2.82. The number of benzene rings is 1. The Morgan fingerprint density at radius 2 is 2.09 bits per heavy atom. The minimum Gasteiger partial charge on any atom is -0.358 e. The van der Waals surface area contributed by atoms with E-state index in [1.165, 1.54) is 12.1 Å². The number of carbonyl (C=O) groups is 1. The summed E-state index contributed by atoms with van der Waals surface area (Å²) in [6.07, 6.45) is 0.681. The fourth-order valence-electron chi connectivity index (χ4n) is 2.62. The van der Waals surface area contributed by atoms with Gasteiger partial charge in [0.1, 0.15) is 28.7 Å². The number of rotatable bonds is 4. The summed E-state index contributed by atoms with van der Waals surface area (Å²) in [6.45, 7) is 2.86. The molecule has 0 bridgehead atoms. The Hall–Kier alpha value is -2.21. The quantitative estimate of drug-likeness (QED) is 0.873. The lowest BCUT2D eigenvalue weighted by Crippen LogP contribution is -2.33. The second-order valence-electron chi connectivity index (χ2n) is 5.49. The molecular formula is C16H16ClFN4O. The summed E-state index contributed by atoms with van der Waals surface area (Å²) >= 11 is 5.90. The highest BCUT2D eigenvalue weighted by atomic mass is 35.5. The van der Waals surface area contributed by atoms with Crippen molar-refractivity contribution in [1.82, 2.24) is 14.9 Å². The largest absolute Gasteiger partial charge is 0.358 e. The Morgan fingerprint density at radius 1 is 1.35 bits per heavy atom. The van der Waals surface area contributed by atoms with E-state index in [4.69, 9.17) is 11.6 Å². The number of nitrogens with zero attached hydrogens (tertiary/aromatic N) is 3. The van der Waals surface area contributed by atoms with Crippen LogP contribution in [0.15, 0.2) is 30.3 Å². The van der Waals surface area contributed by atoms with Crippen LogP contribution < -0.4 is 5.32 Å². The number of hydrogen-bond donors (Lipinski definition) is 1. The second kappa shape index (κ2) is 6.50. The smallest absolute Gasteiger partial charge is 0.245 e. The molecule has 0 aliphatic carbocycles. The van der Waals surface area contributed by atoms with Crippen molar-refractivity contribution in [2.45, 2.75) is 25.9 Å². The fraction of sp³-hybridized carbons (Fsp3) is 0.312. The van der Waals surface area contributed by atoms with Crippen molar-refractivity contribution in [1.29, 1.82) is 0 Å². The minimum absolute atomic E-state index is 0.00159. The summed E-state index contributed by atoms with van der Waals surface area (Å²) < 4.78 is 12.9. The first-order chi connectivity index (χ1) is 11.0. The van der Waals surface area contributed by atoms with Gasteiger partial charge in [0.05, 0.1) is 0 Å². The number of amides is 1. The standard InChI is InChI=1S/C16H16ClFN4O/c1-10-19-14(17)8-15(20-10)21-13-6-7-22(16(13)23)9-11-2-4-12(18)5-3-11/h2-5,8,13H,6-7,9H2,1H3,(H,19,20,21). The van der Waals surface area contributed by atoms with Gasteiger partial charge in [-0.3, -0.25) is 4.79 Å². The number of aromatic nitrogens is 2. The van der Waals surface area contributed by atoms with E-state index in [2.05, 4.69) is 15.3 Å². The fourth-order valence-corrected chi connectivity index (χ4v) is 2.85. The maximum absolute atomic E-state index is 12.9. The lowest BCUT2D eigenvalue weighted by atomic mass is 10.2. The molecule has 2 heterocycles. The summed E-state index contributed by atoms with van der Waals surface area (Å²) in [5.74, 6) is 0.817. The van der Waals surface area contributed by atoms with Gasteiger partial charge in [0.2, 0.25) is 5.91 Å². The minimum atomic E-state index is -0.333. The van der Waals surface area contributed by atoms with Gasteiger partial charge in [0, 0.05) is 19.2 Å². The zero-order valence-electron chi connectivity index (χ0n) is 12.6. The maximum Gasteiger partial charge on any atom is 0.245 e. The number of carbonyl (C=O) groups excluding carboxylic acids is 1. The third-order valence-electron chi connectivity index (χ3n) is 3.71. The molecule has 1 aliphatic rings. The molecule has 0 saturated carbocycles. The lowest BCUT2D eigenvalue weighted by molar-refractivity contribution is -0.128. The Kier molecular flexibility index (Phi) is 4.43. The summed E-state index contributed by atoms with van der Waals surface area (Å²) in [7, 11) is 0. The van der Waals surface area contributed by atoms with E-state index in [-0.39, 0.29) is 17.8 Å². The van der Waals surface area contributed by atoms with Gasteiger partial charge < -0.3 is 10.2 Å². The van der Waals surface area contributed by atoms with E-state index in [1.807, 2.05) is 0 Å². The molecule has 5 nitrogen and oxygen atoms in total. The summed E-state index contributed by atoms with van der Waals surface area (Å²) in [5, 5.41) is 3.45. The molecule has 1 aromatic heterocycles. The zero-order chi connectivity index (χ0) is 16.4. The highest BCUT2D eigenvalue weighted by Gasteiger charge is 2.31. The molecule has 23 heavy (non-hydrogen) atoms. The van der Waals surface area contributed by atoms with E-state index in [1.54, 1.807) is 30.0 Å². The van der Waals surface area contributed by atoms with Crippen LogP contribution in [0.3, 0.4) is 0 Å². The van der Waals surface area contributed by atoms with Crippen LogP contribution in [-0.2, 0) is 11.3 Å². The first kappa shape index (κ1) is 15.7. The molecule has 1 saturated heterocycles. The molecule has 120 valence electrons. The first-order valence-electron chi connectivity index (χ1n) is 7.32. The van der Waals surface area contributed by atoms with E-state index < -0.39 is 0 Å². The number of halogens is 2. The van der Waals surface area contributed by atoms with Crippen LogP contribution in [0.25, 0.3) is 0 Å². The summed E-state index contributed by atoms with van der Waals surface area (Å²) in [6, 6.07) is 7.45. The predicted octanol–water partition coefficient (Wildman–Crippen LogP) is 2.79. The Balaban J connectivity index is 1.65. The van der Waals surface area contributed by atoms with Gasteiger partial charge in [-0.15, -0.1) is 0 Å². The van der Waals surface area contributed by atoms with Gasteiger partial charge in [0.25, 0.3) is 0 Å². The van der Waals surface area contributed by atoms with Crippen LogP contribution in [0.5, 0.6) is 0 Å². The molecule has 3 rings (SSSR count). The van der Waals surface area contributed by atoms with Crippen LogP contribution in [0, 0.1) is 12.7 Å².